The number of hydrogen-bond acceptors (Lipinski definition) is 4. The molecule has 3 rings (SSSR count). The van der Waals surface area contributed by atoms with E-state index in [9.17, 15) is 4.79 Å². The molecule has 0 spiro atoms. The zero-order valence-corrected chi connectivity index (χ0v) is 9.67. The summed E-state index contributed by atoms with van der Waals surface area (Å²) in [4.78, 5) is 16.2. The van der Waals surface area contributed by atoms with E-state index in [-0.39, 0.29) is 11.6 Å². The summed E-state index contributed by atoms with van der Waals surface area (Å²) < 4.78 is 5.65. The first-order valence-electron chi connectivity index (χ1n) is 5.75. The van der Waals surface area contributed by atoms with Gasteiger partial charge in [0, 0.05) is 12.6 Å². The third kappa shape index (κ3) is 1.72. The molecular weight excluding hydrogens is 228 g/mol. The van der Waals surface area contributed by atoms with Crippen molar-refractivity contribution in [3.05, 3.63) is 53.7 Å². The van der Waals surface area contributed by atoms with Crippen LogP contribution in [0.4, 0.5) is 5.82 Å². The molecule has 2 heterocycles. The van der Waals surface area contributed by atoms with Gasteiger partial charge in [0.1, 0.15) is 11.6 Å². The summed E-state index contributed by atoms with van der Waals surface area (Å²) in [5.74, 6) is 0.914. The van der Waals surface area contributed by atoms with Crippen LogP contribution in [0.2, 0.25) is 0 Å². The van der Waals surface area contributed by atoms with Gasteiger partial charge in [-0.25, -0.2) is 4.98 Å². The predicted octanol–water partition coefficient (Wildman–Crippen LogP) is 1.85. The van der Waals surface area contributed by atoms with Gasteiger partial charge in [-0.2, -0.15) is 0 Å². The summed E-state index contributed by atoms with van der Waals surface area (Å²) in [6, 6.07) is 11.0. The first-order chi connectivity index (χ1) is 8.75. The summed E-state index contributed by atoms with van der Waals surface area (Å²) in [5, 5.41) is 0. The molecule has 0 bridgehead atoms. The standard InChI is InChI=1S/C14H12N2O2/c15-14-10(5-3-7-16-14)13(17)12-8-9-4-1-2-6-11(9)18-12/h1-7,12H,8H2,(H2,15,16). The molecule has 2 N–H and O–H groups in total. The number of pyridine rings is 1. The van der Waals surface area contributed by atoms with E-state index in [2.05, 4.69) is 4.98 Å². The minimum absolute atomic E-state index is 0.114. The van der Waals surface area contributed by atoms with Crippen LogP contribution in [0.5, 0.6) is 5.75 Å². The van der Waals surface area contributed by atoms with Crippen molar-refractivity contribution >= 4 is 11.6 Å². The third-order valence-electron chi connectivity index (χ3n) is 3.04. The van der Waals surface area contributed by atoms with E-state index in [1.807, 2.05) is 24.3 Å². The van der Waals surface area contributed by atoms with Crippen LogP contribution < -0.4 is 10.5 Å². The first-order valence-corrected chi connectivity index (χ1v) is 5.75. The maximum Gasteiger partial charge on any atom is 0.207 e. The smallest absolute Gasteiger partial charge is 0.207 e. The van der Waals surface area contributed by atoms with Gasteiger partial charge < -0.3 is 10.5 Å². The van der Waals surface area contributed by atoms with E-state index in [1.165, 1.54) is 0 Å². The second-order valence-electron chi connectivity index (χ2n) is 4.22. The van der Waals surface area contributed by atoms with Gasteiger partial charge in [-0.15, -0.1) is 0 Å². The number of benzene rings is 1. The number of aromatic nitrogens is 1. The number of ketones is 1. The van der Waals surface area contributed by atoms with Crippen molar-refractivity contribution in [2.75, 3.05) is 5.73 Å². The number of fused-ring (bicyclic) bond motifs is 1. The van der Waals surface area contributed by atoms with Crippen molar-refractivity contribution in [1.29, 1.82) is 0 Å². The summed E-state index contributed by atoms with van der Waals surface area (Å²) in [5.41, 5.74) is 7.19. The van der Waals surface area contributed by atoms with Gasteiger partial charge in [-0.05, 0) is 23.8 Å². The molecule has 0 saturated carbocycles. The number of nitrogens with two attached hydrogens (primary N) is 1. The van der Waals surface area contributed by atoms with E-state index in [1.54, 1.807) is 18.3 Å². The van der Waals surface area contributed by atoms with Crippen molar-refractivity contribution < 1.29 is 9.53 Å². The van der Waals surface area contributed by atoms with Gasteiger partial charge in [0.25, 0.3) is 0 Å². The number of nitrogen functional groups attached to an aromatic ring is 1. The average Bonchev–Trinajstić information content (AvgIpc) is 2.82. The van der Waals surface area contributed by atoms with Gasteiger partial charge >= 0.3 is 0 Å². The molecule has 18 heavy (non-hydrogen) atoms. The number of carbonyl (C=O) groups is 1. The van der Waals surface area contributed by atoms with Gasteiger partial charge in [-0.3, -0.25) is 4.79 Å². The van der Waals surface area contributed by atoms with Crippen LogP contribution in [-0.2, 0) is 6.42 Å². The number of rotatable bonds is 2. The maximum atomic E-state index is 12.3. The second-order valence-corrected chi connectivity index (χ2v) is 4.22. The highest BCUT2D eigenvalue weighted by Crippen LogP contribution is 2.30. The van der Waals surface area contributed by atoms with E-state index < -0.39 is 6.10 Å². The Morgan fingerprint density at radius 1 is 1.28 bits per heavy atom. The highest BCUT2D eigenvalue weighted by molar-refractivity contribution is 6.03. The monoisotopic (exact) mass is 240 g/mol. The second kappa shape index (κ2) is 4.14. The molecule has 4 nitrogen and oxygen atoms in total. The minimum Gasteiger partial charge on any atom is -0.482 e. The number of hydrogen-bond donors (Lipinski definition) is 1. The Hall–Kier alpha value is -2.36. The number of anilines is 1. The molecule has 1 atom stereocenters. The fraction of sp³-hybridized carbons (Fsp3) is 0.143. The largest absolute Gasteiger partial charge is 0.482 e. The van der Waals surface area contributed by atoms with Crippen LogP contribution >= 0.6 is 0 Å². The van der Waals surface area contributed by atoms with Crippen molar-refractivity contribution in [2.24, 2.45) is 0 Å². The molecule has 4 heteroatoms. The van der Waals surface area contributed by atoms with Gasteiger partial charge in [-0.1, -0.05) is 18.2 Å². The normalized spacial score (nSPS) is 17.0. The summed E-state index contributed by atoms with van der Waals surface area (Å²) in [6.45, 7) is 0. The molecule has 0 aliphatic carbocycles. The Balaban J connectivity index is 1.87. The fourth-order valence-corrected chi connectivity index (χ4v) is 2.13. The molecule has 90 valence electrons. The zero-order valence-electron chi connectivity index (χ0n) is 9.67. The molecule has 1 aliphatic heterocycles. The number of carbonyl (C=O) groups excluding carboxylic acids is 1. The maximum absolute atomic E-state index is 12.3. The SMILES string of the molecule is Nc1ncccc1C(=O)C1Cc2ccccc2O1. The lowest BCUT2D eigenvalue weighted by Gasteiger charge is -2.10. The molecule has 1 aliphatic rings. The Morgan fingerprint density at radius 2 is 2.11 bits per heavy atom. The summed E-state index contributed by atoms with van der Waals surface area (Å²) in [6.07, 6.45) is 1.66. The zero-order chi connectivity index (χ0) is 12.5. The highest BCUT2D eigenvalue weighted by atomic mass is 16.5. The Kier molecular flexibility index (Phi) is 2.48. The van der Waals surface area contributed by atoms with Crippen LogP contribution in [0.3, 0.4) is 0 Å². The highest BCUT2D eigenvalue weighted by Gasteiger charge is 2.30. The molecule has 0 saturated heterocycles. The van der Waals surface area contributed by atoms with Gasteiger partial charge in [0.15, 0.2) is 6.10 Å². The number of ether oxygens (including phenoxy) is 1. The quantitative estimate of drug-likeness (QED) is 0.813. The molecule has 0 fully saturated rings. The van der Waals surface area contributed by atoms with Crippen molar-refractivity contribution in [1.82, 2.24) is 4.98 Å². The minimum atomic E-state index is -0.492. The van der Waals surface area contributed by atoms with Crippen LogP contribution in [0, 0.1) is 0 Å². The van der Waals surface area contributed by atoms with Crippen LogP contribution in [0.15, 0.2) is 42.6 Å². The van der Waals surface area contributed by atoms with Crippen LogP contribution in [0.1, 0.15) is 15.9 Å². The lowest BCUT2D eigenvalue weighted by molar-refractivity contribution is 0.0825. The fourth-order valence-electron chi connectivity index (χ4n) is 2.13. The molecule has 0 amide bonds. The molecular formula is C14H12N2O2. The molecule has 1 unspecified atom stereocenters. The third-order valence-corrected chi connectivity index (χ3v) is 3.04. The topological polar surface area (TPSA) is 65.2 Å². The predicted molar refractivity (Wildman–Crippen MR) is 67.5 cm³/mol. The molecule has 2 aromatic rings. The Bertz CT molecular complexity index is 585. The number of Topliss-reactive ketones (excluding diaryl/α,β-unsaturated/α-hetero) is 1. The van der Waals surface area contributed by atoms with Crippen molar-refractivity contribution in [3.8, 4) is 5.75 Å². The summed E-state index contributed by atoms with van der Waals surface area (Å²) in [7, 11) is 0. The van der Waals surface area contributed by atoms with E-state index in [4.69, 9.17) is 10.5 Å². The van der Waals surface area contributed by atoms with Crippen LogP contribution in [-0.4, -0.2) is 16.9 Å². The lowest BCUT2D eigenvalue weighted by Crippen LogP contribution is -2.26. The Morgan fingerprint density at radius 3 is 2.89 bits per heavy atom. The molecule has 1 aromatic heterocycles. The number of nitrogens with zero attached hydrogens (tertiary/aromatic N) is 1. The summed E-state index contributed by atoms with van der Waals surface area (Å²) >= 11 is 0. The van der Waals surface area contributed by atoms with Gasteiger partial charge in [0.05, 0.1) is 5.56 Å². The van der Waals surface area contributed by atoms with E-state index >= 15 is 0 Å². The van der Waals surface area contributed by atoms with Crippen molar-refractivity contribution in [2.45, 2.75) is 12.5 Å². The lowest BCUT2D eigenvalue weighted by atomic mass is 10.0. The van der Waals surface area contributed by atoms with Crippen LogP contribution in [0.25, 0.3) is 0 Å². The van der Waals surface area contributed by atoms with E-state index in [0.717, 1.165) is 11.3 Å². The van der Waals surface area contributed by atoms with E-state index in [0.29, 0.717) is 12.0 Å². The average molecular weight is 240 g/mol. The molecule has 1 aromatic carbocycles. The first kappa shape index (κ1) is 10.8. The Labute approximate surface area is 104 Å². The van der Waals surface area contributed by atoms with Gasteiger partial charge in [0.2, 0.25) is 5.78 Å². The number of para-hydroxylation sites is 1. The van der Waals surface area contributed by atoms with Crippen molar-refractivity contribution in [3.63, 3.8) is 0 Å². The molecule has 0 radical (unpaired) electrons.